The number of benzene rings is 3. The van der Waals surface area contributed by atoms with E-state index in [1.165, 1.54) is 5.69 Å². The molecule has 1 aliphatic carbocycles. The number of piperazine rings is 1. The molecule has 1 unspecified atom stereocenters. The van der Waals surface area contributed by atoms with Crippen LogP contribution in [0.3, 0.4) is 0 Å². The molecule has 5 rings (SSSR count). The van der Waals surface area contributed by atoms with Gasteiger partial charge in [0, 0.05) is 49.7 Å². The quantitative estimate of drug-likeness (QED) is 0.472. The number of nitrogens with zero attached hydrogens (tertiary/aromatic N) is 2. The highest BCUT2D eigenvalue weighted by Gasteiger charge is 2.46. The summed E-state index contributed by atoms with van der Waals surface area (Å²) in [7, 11) is 0. The topological polar surface area (TPSA) is 61.9 Å². The molecule has 2 aliphatic rings. The van der Waals surface area contributed by atoms with Crippen LogP contribution < -0.4 is 10.2 Å². The standard InChI is InChI=1S/C30H32ClN3O3/c1-2-37-29(36)30(19-24-9-8-23(18-25(24)20-30)22-10-12-26(31)13-11-22)32-28(35)21-33-14-16-34(17-15-33)27-6-4-3-5-7-27/h3-13,18H,2,14-17,19-21H2,1H3,(H,32,35). The lowest BCUT2D eigenvalue weighted by molar-refractivity contribution is -0.153. The van der Waals surface area contributed by atoms with Gasteiger partial charge in [0.15, 0.2) is 0 Å². The lowest BCUT2D eigenvalue weighted by atomic mass is 9.95. The van der Waals surface area contributed by atoms with Gasteiger partial charge in [0.25, 0.3) is 0 Å². The number of esters is 1. The Labute approximate surface area is 223 Å². The third-order valence-corrected chi connectivity index (χ3v) is 7.53. The number of nitrogens with one attached hydrogen (secondary N) is 1. The first-order valence-corrected chi connectivity index (χ1v) is 13.2. The molecule has 192 valence electrons. The van der Waals surface area contributed by atoms with E-state index in [2.05, 4.69) is 45.4 Å². The minimum Gasteiger partial charge on any atom is -0.464 e. The Morgan fingerprint density at radius 3 is 2.27 bits per heavy atom. The van der Waals surface area contributed by atoms with Crippen molar-refractivity contribution >= 4 is 29.2 Å². The fourth-order valence-electron chi connectivity index (χ4n) is 5.36. The van der Waals surface area contributed by atoms with E-state index in [4.69, 9.17) is 16.3 Å². The van der Waals surface area contributed by atoms with Crippen LogP contribution in [-0.4, -0.2) is 61.6 Å². The molecule has 1 amide bonds. The normalized spacial score (nSPS) is 19.4. The molecule has 0 aromatic heterocycles. The number of rotatable bonds is 7. The van der Waals surface area contributed by atoms with Crippen LogP contribution in [0.4, 0.5) is 5.69 Å². The Hall–Kier alpha value is -3.35. The molecule has 0 spiro atoms. The second-order valence-corrected chi connectivity index (χ2v) is 10.2. The number of halogens is 1. The van der Waals surface area contributed by atoms with Crippen molar-refractivity contribution in [2.24, 2.45) is 0 Å². The van der Waals surface area contributed by atoms with Crippen LogP contribution in [0.5, 0.6) is 0 Å². The molecule has 6 nitrogen and oxygen atoms in total. The molecule has 1 fully saturated rings. The molecule has 1 heterocycles. The Bertz CT molecular complexity index is 1260. The molecule has 7 heteroatoms. The first-order chi connectivity index (χ1) is 18.0. The van der Waals surface area contributed by atoms with Crippen molar-refractivity contribution in [2.45, 2.75) is 25.3 Å². The summed E-state index contributed by atoms with van der Waals surface area (Å²) in [6.45, 7) is 5.62. The summed E-state index contributed by atoms with van der Waals surface area (Å²) in [5.41, 5.74) is 4.34. The fourth-order valence-corrected chi connectivity index (χ4v) is 5.49. The summed E-state index contributed by atoms with van der Waals surface area (Å²) in [5.74, 6) is -0.520. The zero-order valence-corrected chi connectivity index (χ0v) is 21.8. The summed E-state index contributed by atoms with van der Waals surface area (Å²) in [5, 5.41) is 3.78. The highest BCUT2D eigenvalue weighted by atomic mass is 35.5. The number of carbonyl (C=O) groups excluding carboxylic acids is 2. The van der Waals surface area contributed by atoms with E-state index in [9.17, 15) is 9.59 Å². The Morgan fingerprint density at radius 1 is 0.892 bits per heavy atom. The number of ether oxygens (including phenoxy) is 1. The molecule has 1 N–H and O–H groups in total. The first kappa shape index (κ1) is 25.3. The Morgan fingerprint density at radius 2 is 1.57 bits per heavy atom. The van der Waals surface area contributed by atoms with Gasteiger partial charge >= 0.3 is 5.97 Å². The van der Waals surface area contributed by atoms with Crippen molar-refractivity contribution in [3.8, 4) is 11.1 Å². The van der Waals surface area contributed by atoms with Crippen molar-refractivity contribution in [2.75, 3.05) is 44.2 Å². The summed E-state index contributed by atoms with van der Waals surface area (Å²) in [6, 6.07) is 24.2. The van der Waals surface area contributed by atoms with E-state index in [1.54, 1.807) is 6.92 Å². The SMILES string of the molecule is CCOC(=O)C1(NC(=O)CN2CCN(c3ccccc3)CC2)Cc2ccc(-c3ccc(Cl)cc3)cc2C1. The van der Waals surface area contributed by atoms with Gasteiger partial charge in [-0.25, -0.2) is 4.79 Å². The fraction of sp³-hybridized carbons (Fsp3) is 0.333. The van der Waals surface area contributed by atoms with E-state index in [1.807, 2.05) is 42.5 Å². The summed E-state index contributed by atoms with van der Waals surface area (Å²) < 4.78 is 5.45. The van der Waals surface area contributed by atoms with Crippen LogP contribution in [0, 0.1) is 0 Å². The highest BCUT2D eigenvalue weighted by Crippen LogP contribution is 2.35. The van der Waals surface area contributed by atoms with E-state index >= 15 is 0 Å². The van der Waals surface area contributed by atoms with Crippen molar-refractivity contribution < 1.29 is 14.3 Å². The van der Waals surface area contributed by atoms with E-state index < -0.39 is 5.54 Å². The van der Waals surface area contributed by atoms with Gasteiger partial charge in [0.05, 0.1) is 13.2 Å². The molecule has 0 saturated carbocycles. The minimum absolute atomic E-state index is 0.146. The predicted molar refractivity (Wildman–Crippen MR) is 147 cm³/mol. The molecule has 1 saturated heterocycles. The van der Waals surface area contributed by atoms with Gasteiger partial charge in [-0.05, 0) is 53.4 Å². The zero-order chi connectivity index (χ0) is 25.8. The monoisotopic (exact) mass is 517 g/mol. The van der Waals surface area contributed by atoms with E-state index in [0.717, 1.165) is 48.4 Å². The zero-order valence-electron chi connectivity index (χ0n) is 21.1. The molecule has 1 aliphatic heterocycles. The smallest absolute Gasteiger partial charge is 0.332 e. The summed E-state index contributed by atoms with van der Waals surface area (Å²) in [4.78, 5) is 30.9. The number of fused-ring (bicyclic) bond motifs is 1. The van der Waals surface area contributed by atoms with Gasteiger partial charge in [-0.2, -0.15) is 0 Å². The van der Waals surface area contributed by atoms with Gasteiger partial charge in [-0.15, -0.1) is 0 Å². The van der Waals surface area contributed by atoms with Crippen molar-refractivity contribution in [3.05, 3.63) is 88.9 Å². The lowest BCUT2D eigenvalue weighted by Gasteiger charge is -2.36. The molecular formula is C30H32ClN3O3. The number of hydrogen-bond donors (Lipinski definition) is 1. The molecule has 0 radical (unpaired) electrons. The van der Waals surface area contributed by atoms with Gasteiger partial charge in [0.2, 0.25) is 5.91 Å². The third kappa shape index (κ3) is 5.65. The van der Waals surface area contributed by atoms with Gasteiger partial charge in [-0.3, -0.25) is 9.69 Å². The van der Waals surface area contributed by atoms with Gasteiger partial charge in [-0.1, -0.05) is 60.1 Å². The van der Waals surface area contributed by atoms with Crippen molar-refractivity contribution in [3.63, 3.8) is 0 Å². The maximum absolute atomic E-state index is 13.2. The van der Waals surface area contributed by atoms with Crippen LogP contribution in [0.15, 0.2) is 72.8 Å². The average molecular weight is 518 g/mol. The van der Waals surface area contributed by atoms with E-state index in [0.29, 0.717) is 17.9 Å². The van der Waals surface area contributed by atoms with Gasteiger partial charge < -0.3 is 15.0 Å². The number of carbonyl (C=O) groups is 2. The van der Waals surface area contributed by atoms with Crippen LogP contribution >= 0.6 is 11.6 Å². The summed E-state index contributed by atoms with van der Waals surface area (Å²) >= 11 is 6.05. The predicted octanol–water partition coefficient (Wildman–Crippen LogP) is 4.35. The largest absolute Gasteiger partial charge is 0.464 e. The second kappa shape index (κ2) is 11.0. The summed E-state index contributed by atoms with van der Waals surface area (Å²) in [6.07, 6.45) is 0.839. The van der Waals surface area contributed by atoms with Crippen LogP contribution in [0.25, 0.3) is 11.1 Å². The lowest BCUT2D eigenvalue weighted by Crippen LogP contribution is -2.59. The van der Waals surface area contributed by atoms with Crippen LogP contribution in [0.1, 0.15) is 18.1 Å². The van der Waals surface area contributed by atoms with Crippen molar-refractivity contribution in [1.29, 1.82) is 0 Å². The average Bonchev–Trinajstić information content (AvgIpc) is 3.28. The molecule has 3 aromatic carbocycles. The number of amides is 1. The number of para-hydroxylation sites is 1. The van der Waals surface area contributed by atoms with Crippen LogP contribution in [0.2, 0.25) is 5.02 Å². The van der Waals surface area contributed by atoms with Crippen LogP contribution in [-0.2, 0) is 27.2 Å². The number of hydrogen-bond acceptors (Lipinski definition) is 5. The highest BCUT2D eigenvalue weighted by molar-refractivity contribution is 6.30. The Kier molecular flexibility index (Phi) is 7.49. The second-order valence-electron chi connectivity index (χ2n) is 9.79. The van der Waals surface area contributed by atoms with Gasteiger partial charge in [0.1, 0.15) is 5.54 Å². The minimum atomic E-state index is -1.08. The number of anilines is 1. The maximum atomic E-state index is 13.2. The molecule has 1 atom stereocenters. The molecular weight excluding hydrogens is 486 g/mol. The first-order valence-electron chi connectivity index (χ1n) is 12.8. The van der Waals surface area contributed by atoms with E-state index in [-0.39, 0.29) is 25.0 Å². The Balaban J connectivity index is 1.26. The molecule has 0 bridgehead atoms. The molecule has 37 heavy (non-hydrogen) atoms. The van der Waals surface area contributed by atoms with Crippen molar-refractivity contribution in [1.82, 2.24) is 10.2 Å². The maximum Gasteiger partial charge on any atom is 0.332 e. The third-order valence-electron chi connectivity index (χ3n) is 7.27. The molecule has 3 aromatic rings.